The van der Waals surface area contributed by atoms with Crippen molar-refractivity contribution < 1.29 is 23.0 Å². The third-order valence-electron chi connectivity index (χ3n) is 5.32. The van der Waals surface area contributed by atoms with E-state index in [1.54, 1.807) is 31.4 Å². The Balaban J connectivity index is 1.57. The number of anilines is 1. The maximum absolute atomic E-state index is 11.6. The second kappa shape index (κ2) is 9.73. The third kappa shape index (κ3) is 5.57. The first-order chi connectivity index (χ1) is 16.2. The van der Waals surface area contributed by atoms with Gasteiger partial charge in [0.15, 0.2) is 5.72 Å². The first-order valence-corrected chi connectivity index (χ1v) is 12.3. The van der Waals surface area contributed by atoms with E-state index in [1.165, 1.54) is 12.1 Å². The van der Waals surface area contributed by atoms with Crippen molar-refractivity contribution in [2.45, 2.75) is 17.2 Å². The lowest BCUT2D eigenvalue weighted by molar-refractivity contribution is -0.0345. The van der Waals surface area contributed by atoms with E-state index >= 15 is 0 Å². The van der Waals surface area contributed by atoms with Crippen molar-refractivity contribution in [2.75, 3.05) is 25.2 Å². The number of nitrogens with two attached hydrogens (primary N) is 1. The molecule has 3 aromatic carbocycles. The highest BCUT2D eigenvalue weighted by Gasteiger charge is 2.39. The molecule has 1 atom stereocenters. The summed E-state index contributed by atoms with van der Waals surface area (Å²) >= 11 is 6.04. The highest BCUT2D eigenvalue weighted by Crippen LogP contribution is 2.30. The molecule has 1 heterocycles. The van der Waals surface area contributed by atoms with Crippen LogP contribution in [0.3, 0.4) is 0 Å². The van der Waals surface area contributed by atoms with Gasteiger partial charge in [-0.1, -0.05) is 23.7 Å². The number of ether oxygens (including phenoxy) is 2. The van der Waals surface area contributed by atoms with Crippen molar-refractivity contribution in [1.82, 2.24) is 0 Å². The standard InChI is InChI=1S/C24H24ClN3O5S/c1-32-21-10-2-17(3-11-21)14-33-16-24(29)15-28(20-8-6-19(25)7-9-20)23(27-24)18-4-12-22(13-5-18)34(26,30)31/h2-13,29H,14-16H2,1H3,(H2,26,30,31). The number of nitrogens with zero attached hydrogens (tertiary/aromatic N) is 2. The molecule has 0 fully saturated rings. The van der Waals surface area contributed by atoms with Crippen molar-refractivity contribution >= 4 is 33.1 Å². The van der Waals surface area contributed by atoms with Gasteiger partial charge in [-0.15, -0.1) is 0 Å². The van der Waals surface area contributed by atoms with Crippen molar-refractivity contribution in [2.24, 2.45) is 10.1 Å². The number of halogens is 1. The van der Waals surface area contributed by atoms with E-state index in [1.807, 2.05) is 41.3 Å². The van der Waals surface area contributed by atoms with Crippen molar-refractivity contribution in [1.29, 1.82) is 0 Å². The van der Waals surface area contributed by atoms with Crippen LogP contribution in [0.1, 0.15) is 11.1 Å². The van der Waals surface area contributed by atoms with Gasteiger partial charge in [0.05, 0.1) is 31.8 Å². The molecule has 0 saturated carbocycles. The van der Waals surface area contributed by atoms with Crippen LogP contribution < -0.4 is 14.8 Å². The van der Waals surface area contributed by atoms with Crippen LogP contribution in [0.15, 0.2) is 82.7 Å². The number of rotatable bonds is 8. The zero-order valence-corrected chi connectivity index (χ0v) is 20.0. The number of benzene rings is 3. The monoisotopic (exact) mass is 501 g/mol. The first kappa shape index (κ1) is 24.2. The van der Waals surface area contributed by atoms with Gasteiger partial charge in [-0.25, -0.2) is 18.5 Å². The van der Waals surface area contributed by atoms with Crippen LogP contribution in [-0.4, -0.2) is 45.3 Å². The highest BCUT2D eigenvalue weighted by molar-refractivity contribution is 7.89. The molecule has 0 aromatic heterocycles. The average molecular weight is 502 g/mol. The fourth-order valence-corrected chi connectivity index (χ4v) is 4.24. The molecule has 1 unspecified atom stereocenters. The quantitative estimate of drug-likeness (QED) is 0.490. The molecule has 3 aromatic rings. The summed E-state index contributed by atoms with van der Waals surface area (Å²) in [4.78, 5) is 6.38. The summed E-state index contributed by atoms with van der Waals surface area (Å²) < 4.78 is 34.2. The summed E-state index contributed by atoms with van der Waals surface area (Å²) in [5.41, 5.74) is 0.804. The van der Waals surface area contributed by atoms with Gasteiger partial charge < -0.3 is 19.5 Å². The Morgan fingerprint density at radius 2 is 1.71 bits per heavy atom. The Labute approximate surface area is 203 Å². The van der Waals surface area contributed by atoms with Crippen LogP contribution in [0.5, 0.6) is 5.75 Å². The van der Waals surface area contributed by atoms with E-state index in [0.717, 1.165) is 17.0 Å². The second-order valence-electron chi connectivity index (χ2n) is 7.89. The summed E-state index contributed by atoms with van der Waals surface area (Å²) in [5, 5.41) is 17.0. The predicted octanol–water partition coefficient (Wildman–Crippen LogP) is 3.17. The van der Waals surface area contributed by atoms with Crippen LogP contribution in [0, 0.1) is 0 Å². The Hall–Kier alpha value is -2.95. The number of primary sulfonamides is 1. The molecule has 0 radical (unpaired) electrons. The van der Waals surface area contributed by atoms with E-state index in [0.29, 0.717) is 23.0 Å². The van der Waals surface area contributed by atoms with Gasteiger partial charge in [-0.3, -0.25) is 0 Å². The Morgan fingerprint density at radius 3 is 2.29 bits per heavy atom. The number of sulfonamides is 1. The SMILES string of the molecule is COc1ccc(COCC2(O)CN(c3ccc(Cl)cc3)C(c3ccc(S(N)(=O)=O)cc3)=N2)cc1. The van der Waals surface area contributed by atoms with Crippen LogP contribution in [-0.2, 0) is 21.4 Å². The number of aliphatic imine (C=N–C) groups is 1. The normalized spacial score (nSPS) is 18.1. The number of amidine groups is 1. The smallest absolute Gasteiger partial charge is 0.238 e. The molecule has 1 aliphatic heterocycles. The Bertz CT molecular complexity index is 1280. The number of β-amino-alcohol motifs (C(OH)–C–C–N with tert-alkyl or cyclic N) is 1. The maximum atomic E-state index is 11.6. The van der Waals surface area contributed by atoms with Gasteiger partial charge in [-0.05, 0) is 66.2 Å². The number of hydrogen-bond acceptors (Lipinski definition) is 7. The fourth-order valence-electron chi connectivity index (χ4n) is 3.60. The van der Waals surface area contributed by atoms with Crippen molar-refractivity contribution in [3.63, 3.8) is 0 Å². The topological polar surface area (TPSA) is 114 Å². The van der Waals surface area contributed by atoms with Crippen molar-refractivity contribution in [3.05, 3.63) is 88.9 Å². The minimum absolute atomic E-state index is 0.00836. The molecule has 10 heteroatoms. The molecule has 0 bridgehead atoms. The number of aliphatic hydroxyl groups is 1. The van der Waals surface area contributed by atoms with E-state index in [-0.39, 0.29) is 18.0 Å². The summed E-state index contributed by atoms with van der Waals surface area (Å²) in [5.74, 6) is 1.22. The van der Waals surface area contributed by atoms with Crippen LogP contribution >= 0.6 is 11.6 Å². The molecule has 178 valence electrons. The predicted molar refractivity (Wildman–Crippen MR) is 131 cm³/mol. The third-order valence-corrected chi connectivity index (χ3v) is 6.50. The minimum atomic E-state index is -3.82. The molecule has 3 N–H and O–H groups in total. The largest absolute Gasteiger partial charge is 0.497 e. The molecule has 0 amide bonds. The molecule has 4 rings (SSSR count). The summed E-state index contributed by atoms with van der Waals surface area (Å²) in [7, 11) is -2.22. The zero-order valence-electron chi connectivity index (χ0n) is 18.4. The fraction of sp³-hybridized carbons (Fsp3) is 0.208. The highest BCUT2D eigenvalue weighted by atomic mass is 35.5. The zero-order chi connectivity index (χ0) is 24.3. The molecule has 34 heavy (non-hydrogen) atoms. The van der Waals surface area contributed by atoms with E-state index in [4.69, 9.17) is 26.2 Å². The molecule has 0 saturated heterocycles. The summed E-state index contributed by atoms with van der Waals surface area (Å²) in [6.07, 6.45) is 0. The van der Waals surface area contributed by atoms with Crippen LogP contribution in [0.4, 0.5) is 5.69 Å². The van der Waals surface area contributed by atoms with E-state index < -0.39 is 15.7 Å². The number of methoxy groups -OCH3 is 1. The molecule has 0 spiro atoms. The molecule has 0 aliphatic carbocycles. The van der Waals surface area contributed by atoms with Crippen LogP contribution in [0.2, 0.25) is 5.02 Å². The van der Waals surface area contributed by atoms with Crippen LogP contribution in [0.25, 0.3) is 0 Å². The lowest BCUT2D eigenvalue weighted by atomic mass is 10.1. The molecular formula is C24H24ClN3O5S. The van der Waals surface area contributed by atoms with Gasteiger partial charge in [0.2, 0.25) is 10.0 Å². The van der Waals surface area contributed by atoms with Crippen molar-refractivity contribution in [3.8, 4) is 5.75 Å². The van der Waals surface area contributed by atoms with E-state index in [9.17, 15) is 13.5 Å². The van der Waals surface area contributed by atoms with E-state index in [2.05, 4.69) is 4.99 Å². The molecule has 1 aliphatic rings. The lowest BCUT2D eigenvalue weighted by Crippen LogP contribution is -2.39. The second-order valence-corrected chi connectivity index (χ2v) is 9.89. The average Bonchev–Trinajstić information content (AvgIpc) is 3.17. The van der Waals surface area contributed by atoms with Gasteiger partial charge in [0, 0.05) is 16.3 Å². The van der Waals surface area contributed by atoms with Gasteiger partial charge in [-0.2, -0.15) is 0 Å². The Morgan fingerprint density at radius 1 is 1.06 bits per heavy atom. The first-order valence-electron chi connectivity index (χ1n) is 10.4. The minimum Gasteiger partial charge on any atom is -0.497 e. The molecule has 8 nitrogen and oxygen atoms in total. The summed E-state index contributed by atoms with van der Waals surface area (Å²) in [6, 6.07) is 20.6. The molecular weight excluding hydrogens is 478 g/mol. The summed E-state index contributed by atoms with van der Waals surface area (Å²) in [6.45, 7) is 0.395. The Kier molecular flexibility index (Phi) is 6.92. The lowest BCUT2D eigenvalue weighted by Gasteiger charge is -2.24. The number of hydrogen-bond donors (Lipinski definition) is 2. The maximum Gasteiger partial charge on any atom is 0.238 e. The van der Waals surface area contributed by atoms with Gasteiger partial charge >= 0.3 is 0 Å². The van der Waals surface area contributed by atoms with Gasteiger partial charge in [0.1, 0.15) is 11.6 Å². The van der Waals surface area contributed by atoms with Gasteiger partial charge in [0.25, 0.3) is 0 Å².